The average Bonchev–Trinajstić information content (AvgIpc) is 3.15. The molecule has 0 radical (unpaired) electrons. The van der Waals surface area contributed by atoms with Crippen molar-refractivity contribution >= 4 is 35.2 Å². The van der Waals surface area contributed by atoms with Crippen molar-refractivity contribution in [1.82, 2.24) is 10.6 Å². The molecule has 8 nitrogen and oxygen atoms in total. The molecule has 0 aliphatic heterocycles. The molecule has 0 saturated heterocycles. The molecule has 2 amide bonds. The highest BCUT2D eigenvalue weighted by Crippen LogP contribution is 2.21. The van der Waals surface area contributed by atoms with Gasteiger partial charge >= 0.3 is 5.97 Å². The number of carbonyl (C=O) groups is 4. The fourth-order valence-electron chi connectivity index (χ4n) is 5.08. The Bertz CT molecular complexity index is 1620. The van der Waals surface area contributed by atoms with Gasteiger partial charge in [-0.1, -0.05) is 91.4 Å². The van der Waals surface area contributed by atoms with Crippen LogP contribution in [0.2, 0.25) is 5.02 Å². The summed E-state index contributed by atoms with van der Waals surface area (Å²) in [6, 6.07) is 13.1. The summed E-state index contributed by atoms with van der Waals surface area (Å²) in [6.45, 7) is 5.73. The minimum atomic E-state index is -1.25. The molecule has 1 atom stereocenters. The lowest BCUT2D eigenvalue weighted by Crippen LogP contribution is -2.47. The summed E-state index contributed by atoms with van der Waals surface area (Å²) < 4.78 is 5.90. The molecule has 0 heterocycles. The SMILES string of the molecule is CC/C=C\C/C=C\C/C=C\C/C=C\C/C=C\C/C=C\CCC(=O)NCCC(CCNC(=O)C(C)(C)Oc1ccc(C(=O)c2ccc(Cl)cc2)cc1)C(=O)O. The van der Waals surface area contributed by atoms with Gasteiger partial charge in [0.05, 0.1) is 5.92 Å². The topological polar surface area (TPSA) is 122 Å². The molecule has 0 aromatic heterocycles. The number of amides is 2. The van der Waals surface area contributed by atoms with E-state index in [1.807, 2.05) is 12.2 Å². The van der Waals surface area contributed by atoms with E-state index >= 15 is 0 Å². The van der Waals surface area contributed by atoms with Crippen LogP contribution in [0.4, 0.5) is 0 Å². The third-order valence-electron chi connectivity index (χ3n) is 8.22. The summed E-state index contributed by atoms with van der Waals surface area (Å²) in [7, 11) is 0. The summed E-state index contributed by atoms with van der Waals surface area (Å²) in [4.78, 5) is 49.7. The zero-order valence-corrected chi connectivity index (χ0v) is 32.7. The fraction of sp³-hybridized carbons (Fsp3) is 0.378. The Labute approximate surface area is 326 Å². The van der Waals surface area contributed by atoms with Crippen molar-refractivity contribution in [2.45, 2.75) is 90.6 Å². The fourth-order valence-corrected chi connectivity index (χ4v) is 5.20. The Morgan fingerprint density at radius 3 is 1.61 bits per heavy atom. The van der Waals surface area contributed by atoms with Crippen LogP contribution < -0.4 is 15.4 Å². The molecular formula is C45H57ClN2O6. The van der Waals surface area contributed by atoms with Crippen molar-refractivity contribution in [3.8, 4) is 5.75 Å². The maximum absolute atomic E-state index is 12.9. The number of carboxylic acid groups (broad SMARTS) is 1. The van der Waals surface area contributed by atoms with E-state index < -0.39 is 23.4 Å². The Kier molecular flexibility index (Phi) is 22.4. The second kappa shape index (κ2) is 26.8. The third-order valence-corrected chi connectivity index (χ3v) is 8.47. The number of carbonyl (C=O) groups excluding carboxylic acids is 3. The van der Waals surface area contributed by atoms with Crippen LogP contribution in [0.5, 0.6) is 5.75 Å². The van der Waals surface area contributed by atoms with Crippen molar-refractivity contribution in [1.29, 1.82) is 0 Å². The van der Waals surface area contributed by atoms with E-state index in [-0.39, 0.29) is 37.6 Å². The first kappa shape index (κ1) is 45.2. The van der Waals surface area contributed by atoms with E-state index in [4.69, 9.17) is 16.3 Å². The number of ketones is 1. The van der Waals surface area contributed by atoms with Crippen LogP contribution in [-0.2, 0) is 14.4 Å². The number of rotatable bonds is 26. The van der Waals surface area contributed by atoms with Gasteiger partial charge in [-0.15, -0.1) is 0 Å². The first-order valence-corrected chi connectivity index (χ1v) is 19.2. The first-order chi connectivity index (χ1) is 26.0. The Hall–Kier alpha value is -4.95. The molecule has 9 heteroatoms. The molecule has 2 aromatic rings. The maximum Gasteiger partial charge on any atom is 0.306 e. The lowest BCUT2D eigenvalue weighted by Gasteiger charge is -2.25. The minimum Gasteiger partial charge on any atom is -0.481 e. The van der Waals surface area contributed by atoms with Gasteiger partial charge in [-0.2, -0.15) is 0 Å². The number of hydrogen-bond acceptors (Lipinski definition) is 5. The molecule has 0 aliphatic rings. The van der Waals surface area contributed by atoms with Gasteiger partial charge in [0.25, 0.3) is 5.91 Å². The number of nitrogens with one attached hydrogen (secondary N) is 2. The molecular weight excluding hydrogens is 700 g/mol. The second-order valence-corrected chi connectivity index (χ2v) is 13.6. The van der Waals surface area contributed by atoms with Gasteiger partial charge in [0, 0.05) is 35.7 Å². The van der Waals surface area contributed by atoms with Gasteiger partial charge in [0.15, 0.2) is 11.4 Å². The average molecular weight is 757 g/mol. The van der Waals surface area contributed by atoms with Gasteiger partial charge in [0.1, 0.15) is 5.75 Å². The summed E-state index contributed by atoms with van der Waals surface area (Å²) in [5.74, 6) is -2.01. The molecule has 2 aromatic carbocycles. The van der Waals surface area contributed by atoms with Crippen LogP contribution in [0.15, 0.2) is 121 Å². The molecule has 54 heavy (non-hydrogen) atoms. The number of aliphatic carboxylic acids is 1. The monoisotopic (exact) mass is 756 g/mol. The summed E-state index contributed by atoms with van der Waals surface area (Å²) >= 11 is 5.91. The highest BCUT2D eigenvalue weighted by molar-refractivity contribution is 6.30. The van der Waals surface area contributed by atoms with E-state index in [2.05, 4.69) is 78.3 Å². The first-order valence-electron chi connectivity index (χ1n) is 18.8. The molecule has 1 unspecified atom stereocenters. The highest BCUT2D eigenvalue weighted by atomic mass is 35.5. The zero-order valence-electron chi connectivity index (χ0n) is 32.0. The molecule has 0 aliphatic carbocycles. The third kappa shape index (κ3) is 19.8. The lowest BCUT2D eigenvalue weighted by atomic mass is 10.0. The van der Waals surface area contributed by atoms with Gasteiger partial charge in [0.2, 0.25) is 5.91 Å². The predicted octanol–water partition coefficient (Wildman–Crippen LogP) is 9.92. The van der Waals surface area contributed by atoms with Crippen molar-refractivity contribution in [2.24, 2.45) is 5.92 Å². The molecule has 0 saturated carbocycles. The van der Waals surface area contributed by atoms with E-state index in [0.29, 0.717) is 34.7 Å². The number of allylic oxidation sites excluding steroid dienone is 12. The van der Waals surface area contributed by atoms with Gasteiger partial charge in [-0.3, -0.25) is 19.2 Å². The van der Waals surface area contributed by atoms with Crippen LogP contribution in [0.1, 0.15) is 101 Å². The number of hydrogen-bond donors (Lipinski definition) is 3. The quantitative estimate of drug-likeness (QED) is 0.0649. The second-order valence-electron chi connectivity index (χ2n) is 13.1. The van der Waals surface area contributed by atoms with Gasteiger partial charge < -0.3 is 20.5 Å². The highest BCUT2D eigenvalue weighted by Gasteiger charge is 2.30. The summed E-state index contributed by atoms with van der Waals surface area (Å²) in [6.07, 6.45) is 32.7. The minimum absolute atomic E-state index is 0.131. The van der Waals surface area contributed by atoms with Crippen LogP contribution in [0.3, 0.4) is 0 Å². The molecule has 2 rings (SSSR count). The molecule has 0 bridgehead atoms. The van der Waals surface area contributed by atoms with Gasteiger partial charge in [-0.25, -0.2) is 0 Å². The van der Waals surface area contributed by atoms with Crippen molar-refractivity contribution in [3.63, 3.8) is 0 Å². The number of benzene rings is 2. The van der Waals surface area contributed by atoms with Crippen molar-refractivity contribution < 1.29 is 29.0 Å². The van der Waals surface area contributed by atoms with Crippen LogP contribution in [-0.4, -0.2) is 47.4 Å². The molecule has 3 N–H and O–H groups in total. The molecule has 290 valence electrons. The van der Waals surface area contributed by atoms with Crippen LogP contribution in [0, 0.1) is 5.92 Å². The van der Waals surface area contributed by atoms with Gasteiger partial charge in [-0.05, 0) is 120 Å². The molecule has 0 spiro atoms. The maximum atomic E-state index is 12.9. The Morgan fingerprint density at radius 1 is 0.685 bits per heavy atom. The standard InChI is InChI=1S/C45H57ClN2O6/c1-4-5-6-7-8-9-10-11-12-13-14-15-16-17-18-19-20-21-22-23-41(49)47-34-32-38(43(51)52)33-35-48-44(53)45(2,3)54-40-30-26-37(27-31-40)42(50)36-24-28-39(46)29-25-36/h5-6,8-9,11-12,14-15,17-18,20-21,24-31,38H,4,7,10,13,16,19,22-23,32-35H2,1-3H3,(H,47,49)(H,48,53)(H,51,52)/b6-5-,9-8-,12-11-,15-14-,18-17-,21-20-. The number of ether oxygens (including phenoxy) is 1. The van der Waals surface area contributed by atoms with E-state index in [1.54, 1.807) is 62.4 Å². The van der Waals surface area contributed by atoms with E-state index in [1.165, 1.54) is 0 Å². The number of halogens is 1. The summed E-state index contributed by atoms with van der Waals surface area (Å²) in [5.41, 5.74) is -0.281. The Morgan fingerprint density at radius 2 is 1.13 bits per heavy atom. The van der Waals surface area contributed by atoms with E-state index in [0.717, 1.165) is 38.5 Å². The number of carboxylic acids is 1. The zero-order chi connectivity index (χ0) is 39.4. The lowest BCUT2D eigenvalue weighted by molar-refractivity contribution is -0.142. The smallest absolute Gasteiger partial charge is 0.306 e. The van der Waals surface area contributed by atoms with Crippen LogP contribution in [0.25, 0.3) is 0 Å². The van der Waals surface area contributed by atoms with Crippen molar-refractivity contribution in [2.75, 3.05) is 13.1 Å². The normalized spacial score (nSPS) is 12.8. The van der Waals surface area contributed by atoms with Crippen LogP contribution >= 0.6 is 11.6 Å². The van der Waals surface area contributed by atoms with Crippen molar-refractivity contribution in [3.05, 3.63) is 138 Å². The van der Waals surface area contributed by atoms with E-state index in [9.17, 15) is 24.3 Å². The Balaban J connectivity index is 1.59. The predicted molar refractivity (Wildman–Crippen MR) is 220 cm³/mol. The molecule has 0 fully saturated rings. The summed E-state index contributed by atoms with van der Waals surface area (Å²) in [5, 5.41) is 15.8. The largest absolute Gasteiger partial charge is 0.481 e.